The fourth-order valence-corrected chi connectivity index (χ4v) is 3.72. The Balaban J connectivity index is 1.72. The molecule has 2 amide bonds. The number of amides is 2. The molecule has 1 fully saturated rings. The summed E-state index contributed by atoms with van der Waals surface area (Å²) in [5.41, 5.74) is 2.27. The molecule has 7 heteroatoms. The summed E-state index contributed by atoms with van der Waals surface area (Å²) in [6.07, 6.45) is 0.713. The van der Waals surface area contributed by atoms with Gasteiger partial charge in [-0.25, -0.2) is 9.78 Å². The third-order valence-electron chi connectivity index (χ3n) is 5.20. The molecule has 0 aliphatic carbocycles. The number of ether oxygens (including phenoxy) is 1. The van der Waals surface area contributed by atoms with Gasteiger partial charge in [0.2, 0.25) is 0 Å². The van der Waals surface area contributed by atoms with E-state index in [9.17, 15) is 9.59 Å². The smallest absolute Gasteiger partial charge is 0.318 e. The normalized spacial score (nSPS) is 19.3. The molecule has 27 heavy (non-hydrogen) atoms. The van der Waals surface area contributed by atoms with Crippen molar-refractivity contribution in [1.82, 2.24) is 19.8 Å². The lowest BCUT2D eigenvalue weighted by atomic mass is 10.1. The minimum absolute atomic E-state index is 0.0723. The molecule has 0 spiro atoms. The molecule has 1 aromatic heterocycles. The molecule has 2 aromatic rings. The van der Waals surface area contributed by atoms with E-state index in [1.165, 1.54) is 0 Å². The Morgan fingerprint density at radius 1 is 1.22 bits per heavy atom. The molecular weight excluding hydrogens is 344 g/mol. The van der Waals surface area contributed by atoms with Crippen molar-refractivity contribution in [1.29, 1.82) is 0 Å². The molecule has 1 aromatic carbocycles. The van der Waals surface area contributed by atoms with Gasteiger partial charge in [-0.05, 0) is 25.8 Å². The van der Waals surface area contributed by atoms with Crippen LogP contribution in [0.3, 0.4) is 0 Å². The predicted molar refractivity (Wildman–Crippen MR) is 100 cm³/mol. The summed E-state index contributed by atoms with van der Waals surface area (Å²) in [5, 5.41) is 3.03. The van der Waals surface area contributed by atoms with Crippen LogP contribution in [-0.2, 0) is 24.5 Å². The first-order valence-corrected chi connectivity index (χ1v) is 9.36. The van der Waals surface area contributed by atoms with Gasteiger partial charge in [0.1, 0.15) is 5.82 Å². The van der Waals surface area contributed by atoms with Crippen LogP contribution >= 0.6 is 0 Å². The van der Waals surface area contributed by atoms with Crippen LogP contribution in [0.2, 0.25) is 0 Å². The van der Waals surface area contributed by atoms with Gasteiger partial charge in [-0.15, -0.1) is 0 Å². The van der Waals surface area contributed by atoms with Crippen molar-refractivity contribution in [2.75, 3.05) is 6.54 Å². The van der Waals surface area contributed by atoms with Crippen molar-refractivity contribution < 1.29 is 9.53 Å². The van der Waals surface area contributed by atoms with Crippen molar-refractivity contribution in [3.63, 3.8) is 0 Å². The molecule has 1 unspecified atom stereocenters. The highest BCUT2D eigenvalue weighted by atomic mass is 16.5. The molecule has 0 saturated carbocycles. The number of benzene rings is 1. The maximum absolute atomic E-state index is 13.1. The highest BCUT2D eigenvalue weighted by molar-refractivity contribution is 5.75. The number of hydrogen-bond donors (Lipinski definition) is 1. The van der Waals surface area contributed by atoms with Gasteiger partial charge in [0.15, 0.2) is 0 Å². The molecule has 0 radical (unpaired) electrons. The topological polar surface area (TPSA) is 76.5 Å². The summed E-state index contributed by atoms with van der Waals surface area (Å²) in [7, 11) is 0. The average molecular weight is 368 g/mol. The molecule has 1 atom stereocenters. The molecule has 3 heterocycles. The first-order valence-electron chi connectivity index (χ1n) is 9.36. The minimum atomic E-state index is -0.283. The van der Waals surface area contributed by atoms with Gasteiger partial charge >= 0.3 is 6.03 Å². The number of nitrogens with zero attached hydrogens (tertiary/aromatic N) is 3. The summed E-state index contributed by atoms with van der Waals surface area (Å²) >= 11 is 0. The van der Waals surface area contributed by atoms with Gasteiger partial charge < -0.3 is 15.0 Å². The Labute approximate surface area is 158 Å². The van der Waals surface area contributed by atoms with Gasteiger partial charge in [-0.2, -0.15) is 0 Å². The van der Waals surface area contributed by atoms with Crippen LogP contribution in [0.15, 0.2) is 35.1 Å². The summed E-state index contributed by atoms with van der Waals surface area (Å²) in [4.78, 5) is 32.1. The van der Waals surface area contributed by atoms with Crippen molar-refractivity contribution in [2.24, 2.45) is 0 Å². The van der Waals surface area contributed by atoms with Crippen LogP contribution in [0.1, 0.15) is 49.0 Å². The van der Waals surface area contributed by atoms with Crippen molar-refractivity contribution in [3.8, 4) is 0 Å². The molecule has 1 N–H and O–H groups in total. The van der Waals surface area contributed by atoms with E-state index >= 15 is 0 Å². The molecule has 2 aliphatic heterocycles. The lowest BCUT2D eigenvalue weighted by Gasteiger charge is -2.35. The molecule has 2 aliphatic rings. The molecular formula is C20H24N4O3. The van der Waals surface area contributed by atoms with E-state index in [2.05, 4.69) is 5.32 Å². The number of carbonyl (C=O) groups excluding carboxylic acids is 1. The molecule has 7 nitrogen and oxygen atoms in total. The number of fused-ring (bicyclic) bond motifs is 1. The fraction of sp³-hybridized carbons (Fsp3) is 0.450. The van der Waals surface area contributed by atoms with Gasteiger partial charge in [-0.1, -0.05) is 30.3 Å². The van der Waals surface area contributed by atoms with Gasteiger partial charge in [0.05, 0.1) is 37.1 Å². The molecule has 4 rings (SSSR count). The van der Waals surface area contributed by atoms with E-state index in [0.29, 0.717) is 49.8 Å². The standard InChI is InChI=1S/C20H24N4O3/c1-13(2)23-9-8-16(22-20(23)26)18-21-17-12-27-11-15(17)19(25)24(18)10-14-6-4-3-5-7-14/h3-7,13,16H,8-12H2,1-2H3,(H,22,26). The zero-order valence-corrected chi connectivity index (χ0v) is 15.6. The lowest BCUT2D eigenvalue weighted by molar-refractivity contribution is 0.132. The van der Waals surface area contributed by atoms with E-state index in [-0.39, 0.29) is 23.7 Å². The summed E-state index contributed by atoms with van der Waals surface area (Å²) in [6.45, 7) is 5.71. The van der Waals surface area contributed by atoms with E-state index in [1.807, 2.05) is 44.2 Å². The Kier molecular flexibility index (Phi) is 4.70. The monoisotopic (exact) mass is 368 g/mol. The Morgan fingerprint density at radius 2 is 2.00 bits per heavy atom. The van der Waals surface area contributed by atoms with Gasteiger partial charge in [0, 0.05) is 12.6 Å². The Hall–Kier alpha value is -2.67. The molecule has 1 saturated heterocycles. The quantitative estimate of drug-likeness (QED) is 0.897. The number of urea groups is 1. The summed E-state index contributed by atoms with van der Waals surface area (Å²) in [6, 6.07) is 9.57. The lowest BCUT2D eigenvalue weighted by Crippen LogP contribution is -2.51. The number of hydrogen-bond acceptors (Lipinski definition) is 4. The maximum Gasteiger partial charge on any atom is 0.318 e. The number of aromatic nitrogens is 2. The zero-order chi connectivity index (χ0) is 19.0. The SMILES string of the molecule is CC(C)N1CCC(c2nc3c(c(=O)n2Cc2ccccc2)COC3)NC1=O. The maximum atomic E-state index is 13.1. The van der Waals surface area contributed by atoms with Gasteiger partial charge in [0.25, 0.3) is 5.56 Å². The summed E-state index contributed by atoms with van der Waals surface area (Å²) < 4.78 is 7.13. The number of nitrogens with one attached hydrogen (secondary N) is 1. The average Bonchev–Trinajstić information content (AvgIpc) is 3.13. The van der Waals surface area contributed by atoms with Crippen LogP contribution < -0.4 is 10.9 Å². The second-order valence-corrected chi connectivity index (χ2v) is 7.34. The van der Waals surface area contributed by atoms with Gasteiger partial charge in [-0.3, -0.25) is 9.36 Å². The third kappa shape index (κ3) is 3.35. The van der Waals surface area contributed by atoms with E-state index in [4.69, 9.17) is 9.72 Å². The third-order valence-corrected chi connectivity index (χ3v) is 5.20. The first-order chi connectivity index (χ1) is 13.0. The van der Waals surface area contributed by atoms with Crippen LogP contribution in [0.5, 0.6) is 0 Å². The van der Waals surface area contributed by atoms with Crippen LogP contribution in [0, 0.1) is 0 Å². The Morgan fingerprint density at radius 3 is 2.70 bits per heavy atom. The molecule has 142 valence electrons. The molecule has 0 bridgehead atoms. The second kappa shape index (κ2) is 7.15. The van der Waals surface area contributed by atoms with Crippen molar-refractivity contribution >= 4 is 6.03 Å². The number of rotatable bonds is 4. The number of carbonyl (C=O) groups is 1. The van der Waals surface area contributed by atoms with Crippen molar-refractivity contribution in [2.45, 2.75) is 52.1 Å². The highest BCUT2D eigenvalue weighted by Crippen LogP contribution is 2.24. The minimum Gasteiger partial charge on any atom is -0.370 e. The fourth-order valence-electron chi connectivity index (χ4n) is 3.72. The largest absolute Gasteiger partial charge is 0.370 e. The van der Waals surface area contributed by atoms with E-state index in [0.717, 1.165) is 5.56 Å². The van der Waals surface area contributed by atoms with E-state index in [1.54, 1.807) is 9.47 Å². The highest BCUT2D eigenvalue weighted by Gasteiger charge is 2.32. The summed E-state index contributed by atoms with van der Waals surface area (Å²) in [5.74, 6) is 0.616. The Bertz CT molecular complexity index is 907. The van der Waals surface area contributed by atoms with Crippen LogP contribution in [0.25, 0.3) is 0 Å². The zero-order valence-electron chi connectivity index (χ0n) is 15.6. The predicted octanol–water partition coefficient (Wildman–Crippen LogP) is 2.19. The van der Waals surface area contributed by atoms with Crippen LogP contribution in [0.4, 0.5) is 4.79 Å². The second-order valence-electron chi connectivity index (χ2n) is 7.34. The first kappa shape index (κ1) is 17.7. The van der Waals surface area contributed by atoms with E-state index < -0.39 is 0 Å². The van der Waals surface area contributed by atoms with Crippen LogP contribution in [-0.4, -0.2) is 33.1 Å². The van der Waals surface area contributed by atoms with Crippen molar-refractivity contribution in [3.05, 3.63) is 63.3 Å².